The van der Waals surface area contributed by atoms with Crippen molar-refractivity contribution in [3.63, 3.8) is 0 Å². The standard InChI is InChI=1S/C21H20N2O/c1-4-14(5-2)17-11-19-20-16(12-23(19)21(24)13(17)3)10-15-8-6-7-9-18(15)22-20/h4,6-11H,5,12H2,1-3H3/b14-4+. The monoisotopic (exact) mass is 316 g/mol. The van der Waals surface area contributed by atoms with Crippen molar-refractivity contribution in [2.24, 2.45) is 0 Å². The van der Waals surface area contributed by atoms with Crippen LogP contribution in [0, 0.1) is 6.92 Å². The van der Waals surface area contributed by atoms with Crippen molar-refractivity contribution in [1.82, 2.24) is 9.55 Å². The van der Waals surface area contributed by atoms with Gasteiger partial charge in [0, 0.05) is 16.5 Å². The Bertz CT molecular complexity index is 1060. The highest BCUT2D eigenvalue weighted by Gasteiger charge is 2.24. The number of benzene rings is 1. The van der Waals surface area contributed by atoms with Gasteiger partial charge in [0.05, 0.1) is 23.4 Å². The van der Waals surface area contributed by atoms with Crippen LogP contribution in [0.1, 0.15) is 37.0 Å². The molecule has 0 N–H and O–H groups in total. The first-order valence-corrected chi connectivity index (χ1v) is 8.43. The number of rotatable bonds is 2. The van der Waals surface area contributed by atoms with Gasteiger partial charge in [-0.25, -0.2) is 4.98 Å². The van der Waals surface area contributed by atoms with E-state index >= 15 is 0 Å². The van der Waals surface area contributed by atoms with Crippen LogP contribution in [-0.2, 0) is 6.54 Å². The highest BCUT2D eigenvalue weighted by molar-refractivity contribution is 5.84. The highest BCUT2D eigenvalue weighted by atomic mass is 16.1. The summed E-state index contributed by atoms with van der Waals surface area (Å²) in [5.41, 5.74) is 7.17. The predicted octanol–water partition coefficient (Wildman–Crippen LogP) is 4.55. The summed E-state index contributed by atoms with van der Waals surface area (Å²) in [7, 11) is 0. The van der Waals surface area contributed by atoms with Gasteiger partial charge in [-0.05, 0) is 49.6 Å². The highest BCUT2D eigenvalue weighted by Crippen LogP contribution is 2.34. The zero-order valence-corrected chi connectivity index (χ0v) is 14.3. The Labute approximate surface area is 141 Å². The molecule has 0 aliphatic carbocycles. The van der Waals surface area contributed by atoms with Crippen LogP contribution in [0.3, 0.4) is 0 Å². The molecule has 0 bridgehead atoms. The van der Waals surface area contributed by atoms with Crippen LogP contribution in [0.25, 0.3) is 27.9 Å². The molecule has 1 aliphatic heterocycles. The fourth-order valence-electron chi connectivity index (χ4n) is 3.66. The van der Waals surface area contributed by atoms with E-state index in [-0.39, 0.29) is 5.56 Å². The SMILES string of the molecule is C/C=C(\CC)c1cc2n(c(=O)c1C)Cc1cc3ccccc3nc1-2. The van der Waals surface area contributed by atoms with E-state index in [4.69, 9.17) is 4.98 Å². The fraction of sp³-hybridized carbons (Fsp3) is 0.238. The largest absolute Gasteiger partial charge is 0.302 e. The predicted molar refractivity (Wildman–Crippen MR) is 99.2 cm³/mol. The quantitative estimate of drug-likeness (QED) is 0.544. The van der Waals surface area contributed by atoms with Crippen LogP contribution < -0.4 is 5.56 Å². The van der Waals surface area contributed by atoms with Crippen LogP contribution in [-0.4, -0.2) is 9.55 Å². The minimum absolute atomic E-state index is 0.0948. The molecular formula is C21H20N2O. The van der Waals surface area contributed by atoms with Gasteiger partial charge in [0.15, 0.2) is 0 Å². The first-order chi connectivity index (χ1) is 11.6. The number of pyridine rings is 2. The van der Waals surface area contributed by atoms with Gasteiger partial charge in [0.2, 0.25) is 0 Å². The molecule has 120 valence electrons. The molecule has 0 atom stereocenters. The van der Waals surface area contributed by atoms with Gasteiger partial charge in [0.1, 0.15) is 0 Å². The Morgan fingerprint density at radius 3 is 2.83 bits per heavy atom. The summed E-state index contributed by atoms with van der Waals surface area (Å²) in [6.45, 7) is 6.69. The minimum Gasteiger partial charge on any atom is -0.302 e. The average molecular weight is 316 g/mol. The third-order valence-electron chi connectivity index (χ3n) is 4.99. The van der Waals surface area contributed by atoms with Crippen LogP contribution in [0.2, 0.25) is 0 Å². The van der Waals surface area contributed by atoms with Crippen molar-refractivity contribution in [2.45, 2.75) is 33.7 Å². The molecule has 3 heteroatoms. The number of aromatic nitrogens is 2. The van der Waals surface area contributed by atoms with E-state index in [9.17, 15) is 4.79 Å². The lowest BCUT2D eigenvalue weighted by Gasteiger charge is -2.12. The van der Waals surface area contributed by atoms with Crippen molar-refractivity contribution >= 4 is 16.5 Å². The number of hydrogen-bond donors (Lipinski definition) is 0. The van der Waals surface area contributed by atoms with Crippen molar-refractivity contribution in [3.05, 3.63) is 69.5 Å². The van der Waals surface area contributed by atoms with Crippen molar-refractivity contribution < 1.29 is 0 Å². The molecule has 1 aliphatic rings. The first kappa shape index (κ1) is 14.9. The van der Waals surface area contributed by atoms with Crippen molar-refractivity contribution in [2.75, 3.05) is 0 Å². The molecule has 1 aromatic carbocycles. The third-order valence-corrected chi connectivity index (χ3v) is 4.99. The lowest BCUT2D eigenvalue weighted by molar-refractivity contribution is 0.794. The van der Waals surface area contributed by atoms with Gasteiger partial charge in [-0.1, -0.05) is 31.2 Å². The molecule has 0 saturated carbocycles. The summed E-state index contributed by atoms with van der Waals surface area (Å²) >= 11 is 0. The summed E-state index contributed by atoms with van der Waals surface area (Å²) in [6, 6.07) is 12.4. The molecular weight excluding hydrogens is 296 g/mol. The Balaban J connectivity index is 2.02. The number of nitrogens with zero attached hydrogens (tertiary/aromatic N) is 2. The van der Waals surface area contributed by atoms with Crippen LogP contribution in [0.15, 0.2) is 47.3 Å². The summed E-state index contributed by atoms with van der Waals surface area (Å²) in [5.74, 6) is 0. The zero-order valence-electron chi connectivity index (χ0n) is 14.3. The molecule has 2 aromatic heterocycles. The van der Waals surface area contributed by atoms with E-state index in [1.165, 1.54) is 5.57 Å². The van der Waals surface area contributed by atoms with E-state index in [1.54, 1.807) is 0 Å². The second kappa shape index (κ2) is 5.45. The summed E-state index contributed by atoms with van der Waals surface area (Å²) < 4.78 is 1.86. The molecule has 24 heavy (non-hydrogen) atoms. The van der Waals surface area contributed by atoms with Crippen LogP contribution in [0.5, 0.6) is 0 Å². The fourth-order valence-corrected chi connectivity index (χ4v) is 3.66. The smallest absolute Gasteiger partial charge is 0.254 e. The van der Waals surface area contributed by atoms with Crippen molar-refractivity contribution in [1.29, 1.82) is 0 Å². The number of hydrogen-bond acceptors (Lipinski definition) is 2. The van der Waals surface area contributed by atoms with E-state index in [0.29, 0.717) is 6.54 Å². The minimum atomic E-state index is 0.0948. The molecule has 0 unspecified atom stereocenters. The lowest BCUT2D eigenvalue weighted by Crippen LogP contribution is -2.22. The second-order valence-corrected chi connectivity index (χ2v) is 6.32. The van der Waals surface area contributed by atoms with Gasteiger partial charge >= 0.3 is 0 Å². The van der Waals surface area contributed by atoms with E-state index in [1.807, 2.05) is 36.6 Å². The molecule has 0 spiro atoms. The summed E-state index contributed by atoms with van der Waals surface area (Å²) in [5, 5.41) is 1.12. The molecule has 4 rings (SSSR count). The maximum Gasteiger partial charge on any atom is 0.254 e. The first-order valence-electron chi connectivity index (χ1n) is 8.43. The normalized spacial score (nSPS) is 13.2. The lowest BCUT2D eigenvalue weighted by atomic mass is 9.98. The Morgan fingerprint density at radius 2 is 2.08 bits per heavy atom. The summed E-state index contributed by atoms with van der Waals surface area (Å²) in [4.78, 5) is 17.7. The second-order valence-electron chi connectivity index (χ2n) is 6.32. The van der Waals surface area contributed by atoms with Crippen molar-refractivity contribution in [3.8, 4) is 11.4 Å². The molecule has 3 aromatic rings. The van der Waals surface area contributed by atoms with E-state index in [2.05, 4.69) is 31.2 Å². The molecule has 0 saturated heterocycles. The van der Waals surface area contributed by atoms with Gasteiger partial charge in [-0.3, -0.25) is 4.79 Å². The van der Waals surface area contributed by atoms with Gasteiger partial charge in [-0.2, -0.15) is 0 Å². The topological polar surface area (TPSA) is 34.9 Å². The number of allylic oxidation sites excluding steroid dienone is 2. The molecule has 3 heterocycles. The zero-order chi connectivity index (χ0) is 16.8. The Kier molecular flexibility index (Phi) is 3.38. The summed E-state index contributed by atoms with van der Waals surface area (Å²) in [6.07, 6.45) is 3.01. The number of para-hydroxylation sites is 1. The van der Waals surface area contributed by atoms with E-state index in [0.717, 1.165) is 45.4 Å². The Hall–Kier alpha value is -2.68. The third kappa shape index (κ3) is 2.04. The van der Waals surface area contributed by atoms with Gasteiger partial charge in [0.25, 0.3) is 5.56 Å². The van der Waals surface area contributed by atoms with Crippen LogP contribution in [0.4, 0.5) is 0 Å². The molecule has 0 fully saturated rings. The van der Waals surface area contributed by atoms with E-state index < -0.39 is 0 Å². The maximum absolute atomic E-state index is 12.9. The maximum atomic E-state index is 12.9. The molecule has 0 amide bonds. The van der Waals surface area contributed by atoms with Gasteiger partial charge in [-0.15, -0.1) is 0 Å². The van der Waals surface area contributed by atoms with Gasteiger partial charge < -0.3 is 4.57 Å². The Morgan fingerprint density at radius 1 is 1.29 bits per heavy atom. The molecule has 3 nitrogen and oxygen atoms in total. The van der Waals surface area contributed by atoms with Crippen LogP contribution >= 0.6 is 0 Å². The average Bonchev–Trinajstić information content (AvgIpc) is 2.96. The molecule has 0 radical (unpaired) electrons. The number of fused-ring (bicyclic) bond motifs is 4.